The second-order valence-corrected chi connectivity index (χ2v) is 20.0. The summed E-state index contributed by atoms with van der Waals surface area (Å²) < 4.78 is 4.92. The van der Waals surface area contributed by atoms with Gasteiger partial charge in [0.2, 0.25) is 0 Å². The minimum Gasteiger partial charge on any atom is -0.480 e. The van der Waals surface area contributed by atoms with Gasteiger partial charge in [0.05, 0.1) is 44.0 Å². The van der Waals surface area contributed by atoms with Crippen LogP contribution in [0.3, 0.4) is 0 Å². The molecule has 0 aliphatic heterocycles. The van der Waals surface area contributed by atoms with Crippen molar-refractivity contribution in [1.82, 2.24) is 10.6 Å². The topological polar surface area (TPSA) is 204 Å². The number of carboxylic acids is 1. The van der Waals surface area contributed by atoms with Crippen molar-refractivity contribution in [1.29, 1.82) is 0 Å². The molecule has 0 fully saturated rings. The van der Waals surface area contributed by atoms with Crippen LogP contribution in [-0.2, 0) is 33.6 Å². The highest BCUT2D eigenvalue weighted by atomic mass is 35.5. The lowest BCUT2D eigenvalue weighted by molar-refractivity contribution is -0.143. The normalized spacial score (nSPS) is 11.3. The van der Waals surface area contributed by atoms with E-state index in [9.17, 15) is 33.9 Å². The fraction of sp³-hybridized carbons (Fsp3) is 0.100. The first kappa shape index (κ1) is 58.4. The standard InChI is InChI=1S/C30H25Cl2N3O4S.C30H25Cl2N3O4/c1-39-29(37)25(35-30(38)34-24-12-5-6-13-26(24)40-21-8-3-2-4-9-21)18-19-14-16-20(17-15-19)33-28(36)27-22(31)10-7-11-23(27)32;31-23-10-6-11-24(32)27(23)28(36)33-22-15-13-20(14-16-22)18-26(29(37)38)35-30(39)34-25-12-5-4-9-21(25)17-19-7-2-1-3-8-19/h2-17,25H,18H2,1H3,(H,33,36)(H2,34,35,38);1-16,26H,17-18H2,(H,33,36)(H,37,38)(H2,34,35,39)/t25-;26-/m00/s1. The summed E-state index contributed by atoms with van der Waals surface area (Å²) in [6.07, 6.45) is 0.829. The molecule has 0 heterocycles. The zero-order valence-corrected chi connectivity index (χ0v) is 45.8. The molecule has 0 unspecified atom stereocenters. The van der Waals surface area contributed by atoms with Crippen LogP contribution in [0.5, 0.6) is 0 Å². The number of esters is 1. The zero-order valence-electron chi connectivity index (χ0n) is 42.0. The molecule has 0 aliphatic carbocycles. The van der Waals surface area contributed by atoms with Gasteiger partial charge in [0.15, 0.2) is 0 Å². The van der Waals surface area contributed by atoms with Crippen molar-refractivity contribution < 1.29 is 38.6 Å². The Labute approximate surface area is 480 Å². The maximum Gasteiger partial charge on any atom is 0.328 e. The molecule has 0 spiro atoms. The Morgan fingerprint density at radius 2 is 0.899 bits per heavy atom. The van der Waals surface area contributed by atoms with Crippen LogP contribution < -0.4 is 31.9 Å². The number of hydrogen-bond acceptors (Lipinski definition) is 8. The summed E-state index contributed by atoms with van der Waals surface area (Å²) in [5, 5.41) is 27.0. The van der Waals surface area contributed by atoms with Crippen LogP contribution in [-0.4, -0.2) is 60.1 Å². The summed E-state index contributed by atoms with van der Waals surface area (Å²) in [7, 11) is 1.26. The first-order chi connectivity index (χ1) is 38.1. The molecule has 6 amide bonds. The number of anilines is 4. The molecule has 0 radical (unpaired) electrons. The van der Waals surface area contributed by atoms with Gasteiger partial charge in [-0.2, -0.15) is 0 Å². The van der Waals surface area contributed by atoms with Gasteiger partial charge in [-0.1, -0.05) is 173 Å². The third-order valence-corrected chi connectivity index (χ3v) is 14.0. The first-order valence-electron chi connectivity index (χ1n) is 24.2. The monoisotopic (exact) mass is 1150 g/mol. The van der Waals surface area contributed by atoms with E-state index in [1.54, 1.807) is 103 Å². The van der Waals surface area contributed by atoms with Crippen molar-refractivity contribution in [2.45, 2.75) is 41.1 Å². The molecule has 0 saturated carbocycles. The maximum absolute atomic E-state index is 12.9. The fourth-order valence-corrected chi connectivity index (χ4v) is 9.85. The van der Waals surface area contributed by atoms with Crippen molar-refractivity contribution in [3.63, 3.8) is 0 Å². The SMILES string of the molecule is COC(=O)[C@H](Cc1ccc(NC(=O)c2c(Cl)cccc2Cl)cc1)NC(=O)Nc1ccccc1Sc1ccccc1.O=C(Nc1ccccc1Cc1ccccc1)N[C@@H](Cc1ccc(NC(=O)c2c(Cl)cccc2Cl)cc1)C(=O)O. The number of carbonyl (C=O) groups is 6. The Balaban J connectivity index is 0.000000229. The first-order valence-corrected chi connectivity index (χ1v) is 26.5. The van der Waals surface area contributed by atoms with Crippen LogP contribution in [0.1, 0.15) is 43.0 Å². The molecule has 19 heteroatoms. The van der Waals surface area contributed by atoms with Gasteiger partial charge in [-0.3, -0.25) is 9.59 Å². The van der Waals surface area contributed by atoms with Crippen LogP contribution in [0, 0.1) is 0 Å². The second-order valence-electron chi connectivity index (χ2n) is 17.3. The summed E-state index contributed by atoms with van der Waals surface area (Å²) >= 11 is 26.0. The van der Waals surface area contributed by atoms with E-state index < -0.39 is 47.9 Å². The number of amides is 6. The van der Waals surface area contributed by atoms with Gasteiger partial charge in [-0.25, -0.2) is 19.2 Å². The number of rotatable bonds is 18. The Morgan fingerprint density at radius 1 is 0.468 bits per heavy atom. The van der Waals surface area contributed by atoms with Crippen LogP contribution in [0.4, 0.5) is 32.3 Å². The van der Waals surface area contributed by atoms with Crippen molar-refractivity contribution in [3.05, 3.63) is 248 Å². The van der Waals surface area contributed by atoms with E-state index in [4.69, 9.17) is 51.1 Å². The number of benzene rings is 8. The highest BCUT2D eigenvalue weighted by Crippen LogP contribution is 2.33. The molecular formula is C60H50Cl4N6O8S. The lowest BCUT2D eigenvalue weighted by Crippen LogP contribution is -2.45. The molecule has 14 nitrogen and oxygen atoms in total. The van der Waals surface area contributed by atoms with Crippen molar-refractivity contribution in [2.75, 3.05) is 28.4 Å². The number of methoxy groups -OCH3 is 1. The van der Waals surface area contributed by atoms with E-state index in [0.717, 1.165) is 26.5 Å². The van der Waals surface area contributed by atoms with E-state index in [1.165, 1.54) is 18.9 Å². The number of ether oxygens (including phenoxy) is 1. The van der Waals surface area contributed by atoms with Crippen LogP contribution in [0.15, 0.2) is 204 Å². The largest absolute Gasteiger partial charge is 0.480 e. The molecule has 8 rings (SSSR count). The van der Waals surface area contributed by atoms with Crippen LogP contribution in [0.25, 0.3) is 0 Å². The van der Waals surface area contributed by atoms with Gasteiger partial charge in [0.25, 0.3) is 11.8 Å². The molecule has 79 heavy (non-hydrogen) atoms. The quantitative estimate of drug-likeness (QED) is 0.0408. The summed E-state index contributed by atoms with van der Waals surface area (Å²) in [6, 6.07) is 54.2. The molecule has 0 aliphatic rings. The summed E-state index contributed by atoms with van der Waals surface area (Å²) in [5.41, 5.74) is 5.93. The Bertz CT molecular complexity index is 3390. The van der Waals surface area contributed by atoms with Crippen molar-refractivity contribution in [3.8, 4) is 0 Å². The van der Waals surface area contributed by atoms with E-state index in [-0.39, 0.29) is 44.1 Å². The van der Waals surface area contributed by atoms with Gasteiger partial charge in [-0.15, -0.1) is 0 Å². The number of nitrogens with one attached hydrogen (secondary N) is 6. The number of halogens is 4. The smallest absolute Gasteiger partial charge is 0.328 e. The zero-order chi connectivity index (χ0) is 56.3. The summed E-state index contributed by atoms with van der Waals surface area (Å²) in [5.74, 6) is -2.67. The molecule has 0 saturated heterocycles. The summed E-state index contributed by atoms with van der Waals surface area (Å²) in [4.78, 5) is 77.2. The average Bonchev–Trinajstić information content (AvgIpc) is 3.44. The van der Waals surface area contributed by atoms with Crippen molar-refractivity contribution >= 4 is 117 Å². The predicted molar refractivity (Wildman–Crippen MR) is 313 cm³/mol. The minimum atomic E-state index is -1.17. The number of hydrogen-bond donors (Lipinski definition) is 7. The molecule has 402 valence electrons. The fourth-order valence-electron chi connectivity index (χ4n) is 7.79. The average molecular weight is 1160 g/mol. The van der Waals surface area contributed by atoms with Gasteiger partial charge in [0.1, 0.15) is 12.1 Å². The lowest BCUT2D eigenvalue weighted by atomic mass is 10.0. The number of carboxylic acid groups (broad SMARTS) is 1. The van der Waals surface area contributed by atoms with E-state index in [0.29, 0.717) is 34.7 Å². The third-order valence-electron chi connectivity index (χ3n) is 11.7. The van der Waals surface area contributed by atoms with Gasteiger partial charge >= 0.3 is 24.0 Å². The van der Waals surface area contributed by atoms with Crippen LogP contribution >= 0.6 is 58.2 Å². The highest BCUT2D eigenvalue weighted by Gasteiger charge is 2.24. The third kappa shape index (κ3) is 17.3. The lowest BCUT2D eigenvalue weighted by Gasteiger charge is -2.18. The number of para-hydroxylation sites is 2. The molecule has 8 aromatic rings. The minimum absolute atomic E-state index is 0.0407. The number of aliphatic carboxylic acids is 1. The molecule has 7 N–H and O–H groups in total. The molecule has 8 aromatic carbocycles. The van der Waals surface area contributed by atoms with E-state index in [2.05, 4.69) is 31.9 Å². The predicted octanol–water partition coefficient (Wildman–Crippen LogP) is 14.0. The maximum atomic E-state index is 12.9. The highest BCUT2D eigenvalue weighted by molar-refractivity contribution is 7.99. The Hall–Kier alpha value is -8.31. The van der Waals surface area contributed by atoms with Crippen molar-refractivity contribution in [2.24, 2.45) is 0 Å². The van der Waals surface area contributed by atoms with Crippen LogP contribution in [0.2, 0.25) is 20.1 Å². The van der Waals surface area contributed by atoms with E-state index >= 15 is 0 Å². The molecular weight excluding hydrogens is 1110 g/mol. The van der Waals surface area contributed by atoms with Gasteiger partial charge in [-0.05, 0) is 108 Å². The number of carbonyl (C=O) groups excluding carboxylic acids is 5. The van der Waals surface area contributed by atoms with Gasteiger partial charge < -0.3 is 41.7 Å². The Morgan fingerprint density at radius 3 is 1.41 bits per heavy atom. The summed E-state index contributed by atoms with van der Waals surface area (Å²) in [6.45, 7) is 0. The Kier molecular flexibility index (Phi) is 21.3. The second kappa shape index (κ2) is 28.9. The number of urea groups is 2. The van der Waals surface area contributed by atoms with E-state index in [1.807, 2.05) is 91.0 Å². The molecule has 0 bridgehead atoms. The molecule has 2 atom stereocenters. The molecule has 0 aromatic heterocycles. The van der Waals surface area contributed by atoms with Gasteiger partial charge in [0, 0.05) is 39.7 Å².